The van der Waals surface area contributed by atoms with Gasteiger partial charge in [-0.1, -0.05) is 84.9 Å². The zero-order chi connectivity index (χ0) is 23.3. The van der Waals surface area contributed by atoms with Gasteiger partial charge in [0.15, 0.2) is 0 Å². The van der Waals surface area contributed by atoms with Crippen LogP contribution in [-0.2, 0) is 25.6 Å². The van der Waals surface area contributed by atoms with E-state index in [1.807, 2.05) is 54.8 Å². The van der Waals surface area contributed by atoms with Crippen molar-refractivity contribution >= 4 is 23.8 Å². The van der Waals surface area contributed by atoms with Gasteiger partial charge < -0.3 is 9.47 Å². The van der Waals surface area contributed by atoms with Gasteiger partial charge in [-0.05, 0) is 34.9 Å². The summed E-state index contributed by atoms with van der Waals surface area (Å²) < 4.78 is 10.2. The first-order valence-corrected chi connectivity index (χ1v) is 12.0. The summed E-state index contributed by atoms with van der Waals surface area (Å²) in [4.78, 5) is 27.1. The molecular formula is C27H27NO4S. The third-order valence-electron chi connectivity index (χ3n) is 6.15. The Morgan fingerprint density at radius 3 is 2.15 bits per heavy atom. The second kappa shape index (κ2) is 10.1. The molecule has 33 heavy (non-hydrogen) atoms. The number of rotatable bonds is 6. The number of methoxy groups -OCH3 is 1. The van der Waals surface area contributed by atoms with Crippen LogP contribution < -0.4 is 0 Å². The lowest BCUT2D eigenvalue weighted by molar-refractivity contribution is -0.145. The highest BCUT2D eigenvalue weighted by atomic mass is 32.2. The van der Waals surface area contributed by atoms with Crippen molar-refractivity contribution in [2.75, 3.05) is 19.9 Å². The quantitative estimate of drug-likeness (QED) is 0.454. The van der Waals surface area contributed by atoms with E-state index in [4.69, 9.17) is 9.47 Å². The van der Waals surface area contributed by atoms with Crippen LogP contribution in [0.2, 0.25) is 0 Å². The van der Waals surface area contributed by atoms with Crippen molar-refractivity contribution in [3.63, 3.8) is 0 Å². The van der Waals surface area contributed by atoms with Crippen molar-refractivity contribution in [1.29, 1.82) is 0 Å². The molecule has 0 aromatic heterocycles. The molecule has 3 aromatic rings. The molecule has 1 amide bonds. The lowest BCUT2D eigenvalue weighted by Crippen LogP contribution is -2.41. The monoisotopic (exact) mass is 461 g/mol. The molecule has 2 unspecified atom stereocenters. The van der Waals surface area contributed by atoms with Gasteiger partial charge >= 0.3 is 12.1 Å². The van der Waals surface area contributed by atoms with Crippen LogP contribution in [0, 0.1) is 0 Å². The van der Waals surface area contributed by atoms with Crippen molar-refractivity contribution in [2.45, 2.75) is 23.8 Å². The number of carbonyl (C=O) groups is 2. The van der Waals surface area contributed by atoms with Gasteiger partial charge in [-0.2, -0.15) is 11.8 Å². The summed E-state index contributed by atoms with van der Waals surface area (Å²) in [5.74, 6) is -0.427. The Morgan fingerprint density at radius 1 is 0.939 bits per heavy atom. The largest absolute Gasteiger partial charge is 0.467 e. The molecule has 0 saturated carbocycles. The molecule has 1 saturated heterocycles. The summed E-state index contributed by atoms with van der Waals surface area (Å²) >= 11 is 1.64. The third-order valence-corrected chi connectivity index (χ3v) is 7.46. The minimum absolute atomic E-state index is 0.155. The van der Waals surface area contributed by atoms with Gasteiger partial charge in [-0.3, -0.25) is 4.90 Å². The minimum atomic E-state index is -0.695. The van der Waals surface area contributed by atoms with Gasteiger partial charge in [0.2, 0.25) is 0 Å². The Bertz CT molecular complexity index is 1090. The van der Waals surface area contributed by atoms with Crippen molar-refractivity contribution in [2.24, 2.45) is 0 Å². The van der Waals surface area contributed by atoms with Crippen molar-refractivity contribution in [3.05, 3.63) is 96.1 Å². The second-order valence-electron chi connectivity index (χ2n) is 8.05. The highest BCUT2D eigenvalue weighted by molar-refractivity contribution is 7.99. The van der Waals surface area contributed by atoms with Crippen LogP contribution >= 0.6 is 11.8 Å². The molecule has 6 heteroatoms. The fraction of sp³-hybridized carbons (Fsp3) is 0.259. The zero-order valence-electron chi connectivity index (χ0n) is 18.8. The molecule has 0 radical (unpaired) electrons. The van der Waals surface area contributed by atoms with Crippen molar-refractivity contribution in [1.82, 2.24) is 4.90 Å². The van der Waals surface area contributed by atoms with Gasteiger partial charge in [-0.15, -0.1) is 0 Å². The van der Waals surface area contributed by atoms with Crippen LogP contribution in [0.25, 0.3) is 11.1 Å². The molecule has 1 aliphatic rings. The summed E-state index contributed by atoms with van der Waals surface area (Å²) in [6, 6.07) is 27.3. The van der Waals surface area contributed by atoms with Crippen LogP contribution in [0.4, 0.5) is 4.79 Å². The minimum Gasteiger partial charge on any atom is -0.467 e. The van der Waals surface area contributed by atoms with E-state index in [0.29, 0.717) is 13.0 Å². The Kier molecular flexibility index (Phi) is 7.04. The van der Waals surface area contributed by atoms with Crippen LogP contribution in [0.1, 0.15) is 17.5 Å². The molecule has 3 aromatic carbocycles. The molecule has 4 rings (SSSR count). The number of carbonyl (C=O) groups excluding carboxylic acids is 2. The third kappa shape index (κ3) is 4.91. The molecular weight excluding hydrogens is 434 g/mol. The summed E-state index contributed by atoms with van der Waals surface area (Å²) in [6.45, 7) is 0.522. The summed E-state index contributed by atoms with van der Waals surface area (Å²) in [7, 11) is 1.35. The van der Waals surface area contributed by atoms with E-state index >= 15 is 0 Å². The molecule has 1 fully saturated rings. The normalized spacial score (nSPS) is 19.8. The van der Waals surface area contributed by atoms with Crippen molar-refractivity contribution < 1.29 is 19.1 Å². The predicted octanol–water partition coefficient (Wildman–Crippen LogP) is 5.50. The van der Waals surface area contributed by atoms with Crippen LogP contribution in [0.5, 0.6) is 0 Å². The van der Waals surface area contributed by atoms with Crippen LogP contribution in [0.15, 0.2) is 84.9 Å². The maximum Gasteiger partial charge on any atom is 0.410 e. The second-order valence-corrected chi connectivity index (χ2v) is 9.24. The predicted molar refractivity (Wildman–Crippen MR) is 131 cm³/mol. The standard InChI is InChI=1S/C27H27NO4S/c1-31-25(29)24-17-27(33-2,19-28(24)26(30)32-18-20-9-5-3-6-10-20)23-15-13-22(14-16-23)21-11-7-4-8-12-21/h3-16,24H,17-19H2,1-2H3. The average Bonchev–Trinajstić information content (AvgIpc) is 3.29. The number of hydrogen-bond donors (Lipinski definition) is 0. The Morgan fingerprint density at radius 2 is 1.55 bits per heavy atom. The summed E-state index contributed by atoms with van der Waals surface area (Å²) in [5.41, 5.74) is 4.23. The van der Waals surface area contributed by atoms with E-state index in [0.717, 1.165) is 22.3 Å². The van der Waals surface area contributed by atoms with Crippen LogP contribution in [0.3, 0.4) is 0 Å². The lowest BCUT2D eigenvalue weighted by atomic mass is 9.93. The molecule has 5 nitrogen and oxygen atoms in total. The van der Waals surface area contributed by atoms with Gasteiger partial charge in [-0.25, -0.2) is 9.59 Å². The lowest BCUT2D eigenvalue weighted by Gasteiger charge is -2.28. The molecule has 170 valence electrons. The molecule has 0 bridgehead atoms. The highest BCUT2D eigenvalue weighted by Gasteiger charge is 2.50. The van der Waals surface area contributed by atoms with E-state index in [9.17, 15) is 9.59 Å². The SMILES string of the molecule is COC(=O)C1CC(SC)(c2ccc(-c3ccccc3)cc2)CN1C(=O)OCc1ccccc1. The fourth-order valence-corrected chi connectivity index (χ4v) is 5.25. The summed E-state index contributed by atoms with van der Waals surface area (Å²) in [6.07, 6.45) is 1.97. The zero-order valence-corrected chi connectivity index (χ0v) is 19.6. The summed E-state index contributed by atoms with van der Waals surface area (Å²) in [5, 5.41) is 0. The van der Waals surface area contributed by atoms with Gasteiger partial charge in [0.05, 0.1) is 11.9 Å². The van der Waals surface area contributed by atoms with E-state index in [1.54, 1.807) is 11.8 Å². The first-order chi connectivity index (χ1) is 16.1. The number of esters is 1. The molecule has 0 aliphatic carbocycles. The van der Waals surface area contributed by atoms with Crippen molar-refractivity contribution in [3.8, 4) is 11.1 Å². The number of amides is 1. The fourth-order valence-electron chi connectivity index (χ4n) is 4.28. The number of ether oxygens (including phenoxy) is 2. The number of hydrogen-bond acceptors (Lipinski definition) is 5. The van der Waals surface area contributed by atoms with E-state index in [1.165, 1.54) is 12.0 Å². The highest BCUT2D eigenvalue weighted by Crippen LogP contribution is 2.46. The first kappa shape index (κ1) is 22.9. The van der Waals surface area contributed by atoms with E-state index in [-0.39, 0.29) is 6.61 Å². The smallest absolute Gasteiger partial charge is 0.410 e. The Hall–Kier alpha value is -3.25. The number of likely N-dealkylation sites (tertiary alicyclic amines) is 1. The number of benzene rings is 3. The molecule has 0 spiro atoms. The Labute approximate surface area is 198 Å². The number of thioether (sulfide) groups is 1. The maximum atomic E-state index is 13.0. The number of nitrogens with zero attached hydrogens (tertiary/aromatic N) is 1. The molecule has 0 N–H and O–H groups in total. The molecule has 1 heterocycles. The molecule has 1 aliphatic heterocycles. The van der Waals surface area contributed by atoms with Gasteiger partial charge in [0.1, 0.15) is 12.6 Å². The average molecular weight is 462 g/mol. The van der Waals surface area contributed by atoms with E-state index < -0.39 is 22.9 Å². The first-order valence-electron chi connectivity index (χ1n) is 10.8. The van der Waals surface area contributed by atoms with Crippen LogP contribution in [-0.4, -0.2) is 42.9 Å². The maximum absolute atomic E-state index is 13.0. The van der Waals surface area contributed by atoms with E-state index in [2.05, 4.69) is 36.4 Å². The van der Waals surface area contributed by atoms with Gasteiger partial charge in [0, 0.05) is 6.54 Å². The topological polar surface area (TPSA) is 55.8 Å². The molecule has 2 atom stereocenters. The Balaban J connectivity index is 1.56. The van der Waals surface area contributed by atoms with Gasteiger partial charge in [0.25, 0.3) is 0 Å².